The summed E-state index contributed by atoms with van der Waals surface area (Å²) in [7, 11) is -1.99. The van der Waals surface area contributed by atoms with Crippen LogP contribution in [0.3, 0.4) is 0 Å². The Morgan fingerprint density at radius 1 is 0.933 bits per heavy atom. The standard InChI is InChI=1S/C21H24N2O6S/c1-28-15-17-7-9-18(10-8-17)21(25)29-16-20(24)22-11-13-23(14-12-22)30(26,27)19-5-3-2-4-6-19/h2-10H,11-16H2,1H3. The maximum atomic E-state index is 12.6. The quantitative estimate of drug-likeness (QED) is 0.616. The maximum absolute atomic E-state index is 12.6. The van der Waals surface area contributed by atoms with Crippen molar-refractivity contribution < 1.29 is 27.5 Å². The van der Waals surface area contributed by atoms with Gasteiger partial charge < -0.3 is 14.4 Å². The van der Waals surface area contributed by atoms with Crippen LogP contribution in [0.25, 0.3) is 0 Å². The fraction of sp³-hybridized carbons (Fsp3) is 0.333. The third-order valence-electron chi connectivity index (χ3n) is 4.80. The molecule has 1 heterocycles. The van der Waals surface area contributed by atoms with E-state index in [2.05, 4.69) is 0 Å². The molecule has 2 aromatic carbocycles. The fourth-order valence-electron chi connectivity index (χ4n) is 3.13. The summed E-state index contributed by atoms with van der Waals surface area (Å²) in [4.78, 5) is 26.2. The van der Waals surface area contributed by atoms with E-state index in [0.29, 0.717) is 12.2 Å². The summed E-state index contributed by atoms with van der Waals surface area (Å²) in [6.07, 6.45) is 0. The molecule has 2 aromatic rings. The molecule has 3 rings (SSSR count). The molecule has 0 spiro atoms. The van der Waals surface area contributed by atoms with Crippen molar-refractivity contribution in [2.24, 2.45) is 0 Å². The molecule has 160 valence electrons. The summed E-state index contributed by atoms with van der Waals surface area (Å²) >= 11 is 0. The molecule has 0 unspecified atom stereocenters. The van der Waals surface area contributed by atoms with Gasteiger partial charge in [0.05, 0.1) is 17.1 Å². The van der Waals surface area contributed by atoms with E-state index in [4.69, 9.17) is 9.47 Å². The molecule has 8 nitrogen and oxygen atoms in total. The monoisotopic (exact) mass is 432 g/mol. The van der Waals surface area contributed by atoms with Gasteiger partial charge in [-0.15, -0.1) is 0 Å². The summed E-state index contributed by atoms with van der Waals surface area (Å²) < 4.78 is 36.8. The Kier molecular flexibility index (Phi) is 7.20. The topological polar surface area (TPSA) is 93.2 Å². The molecular formula is C21H24N2O6S. The highest BCUT2D eigenvalue weighted by atomic mass is 32.2. The molecule has 1 aliphatic heterocycles. The number of sulfonamides is 1. The number of benzene rings is 2. The number of carbonyl (C=O) groups excluding carboxylic acids is 2. The molecule has 0 bridgehead atoms. The lowest BCUT2D eigenvalue weighted by molar-refractivity contribution is -0.135. The summed E-state index contributed by atoms with van der Waals surface area (Å²) in [6.45, 7) is 0.932. The number of rotatable bonds is 7. The van der Waals surface area contributed by atoms with Gasteiger partial charge >= 0.3 is 5.97 Å². The number of nitrogens with zero attached hydrogens (tertiary/aromatic N) is 2. The normalized spacial score (nSPS) is 15.0. The first-order valence-electron chi connectivity index (χ1n) is 9.50. The average molecular weight is 432 g/mol. The van der Waals surface area contributed by atoms with Gasteiger partial charge in [0.2, 0.25) is 10.0 Å². The van der Waals surface area contributed by atoms with Crippen LogP contribution in [0.4, 0.5) is 0 Å². The van der Waals surface area contributed by atoms with Crippen LogP contribution in [0.5, 0.6) is 0 Å². The summed E-state index contributed by atoms with van der Waals surface area (Å²) in [6, 6.07) is 15.0. The first kappa shape index (κ1) is 21.9. The van der Waals surface area contributed by atoms with E-state index in [0.717, 1.165) is 5.56 Å². The van der Waals surface area contributed by atoms with Crippen molar-refractivity contribution in [3.05, 3.63) is 65.7 Å². The fourth-order valence-corrected chi connectivity index (χ4v) is 4.57. The molecule has 0 aromatic heterocycles. The largest absolute Gasteiger partial charge is 0.452 e. The van der Waals surface area contributed by atoms with Gasteiger partial charge in [-0.2, -0.15) is 4.31 Å². The molecule has 1 saturated heterocycles. The predicted molar refractivity (Wildman–Crippen MR) is 109 cm³/mol. The Balaban J connectivity index is 1.49. The smallest absolute Gasteiger partial charge is 0.338 e. The van der Waals surface area contributed by atoms with Gasteiger partial charge in [-0.05, 0) is 29.8 Å². The lowest BCUT2D eigenvalue weighted by atomic mass is 10.1. The van der Waals surface area contributed by atoms with Crippen LogP contribution in [0.2, 0.25) is 0 Å². The van der Waals surface area contributed by atoms with Crippen LogP contribution in [-0.2, 0) is 30.9 Å². The van der Waals surface area contributed by atoms with E-state index < -0.39 is 16.0 Å². The predicted octanol–water partition coefficient (Wildman–Crippen LogP) is 1.52. The highest BCUT2D eigenvalue weighted by Gasteiger charge is 2.30. The van der Waals surface area contributed by atoms with E-state index in [1.54, 1.807) is 61.7 Å². The minimum absolute atomic E-state index is 0.192. The van der Waals surface area contributed by atoms with E-state index in [-0.39, 0.29) is 43.6 Å². The van der Waals surface area contributed by atoms with Crippen LogP contribution in [0, 0.1) is 0 Å². The summed E-state index contributed by atoms with van der Waals surface area (Å²) in [5, 5.41) is 0. The first-order chi connectivity index (χ1) is 14.4. The molecule has 1 fully saturated rings. The average Bonchev–Trinajstić information content (AvgIpc) is 2.78. The minimum Gasteiger partial charge on any atom is -0.452 e. The molecule has 0 N–H and O–H groups in total. The van der Waals surface area contributed by atoms with Gasteiger partial charge in [0, 0.05) is 33.3 Å². The molecule has 0 saturated carbocycles. The van der Waals surface area contributed by atoms with E-state index in [1.807, 2.05) is 0 Å². The van der Waals surface area contributed by atoms with Crippen LogP contribution in [0.1, 0.15) is 15.9 Å². The zero-order valence-corrected chi connectivity index (χ0v) is 17.5. The molecular weight excluding hydrogens is 408 g/mol. The number of hydrogen-bond acceptors (Lipinski definition) is 6. The number of carbonyl (C=O) groups is 2. The molecule has 1 aliphatic rings. The number of hydrogen-bond donors (Lipinski definition) is 0. The van der Waals surface area contributed by atoms with Crippen molar-refractivity contribution in [2.75, 3.05) is 39.9 Å². The third-order valence-corrected chi connectivity index (χ3v) is 6.71. The Bertz CT molecular complexity index is 968. The molecule has 0 aliphatic carbocycles. The molecule has 9 heteroatoms. The highest BCUT2D eigenvalue weighted by Crippen LogP contribution is 2.17. The SMILES string of the molecule is COCc1ccc(C(=O)OCC(=O)N2CCN(S(=O)(=O)c3ccccc3)CC2)cc1. The zero-order chi connectivity index (χ0) is 21.6. The number of ether oxygens (including phenoxy) is 2. The van der Waals surface area contributed by atoms with Crippen LogP contribution in [-0.4, -0.2) is 69.4 Å². The van der Waals surface area contributed by atoms with Crippen LogP contribution < -0.4 is 0 Å². The van der Waals surface area contributed by atoms with Crippen molar-refractivity contribution in [3.8, 4) is 0 Å². The number of esters is 1. The molecule has 1 amide bonds. The summed E-state index contributed by atoms with van der Waals surface area (Å²) in [5.74, 6) is -0.936. The van der Waals surface area contributed by atoms with Crippen molar-refractivity contribution in [2.45, 2.75) is 11.5 Å². The highest BCUT2D eigenvalue weighted by molar-refractivity contribution is 7.89. The molecule has 30 heavy (non-hydrogen) atoms. The first-order valence-corrected chi connectivity index (χ1v) is 10.9. The zero-order valence-electron chi connectivity index (χ0n) is 16.7. The van der Waals surface area contributed by atoms with Crippen LogP contribution in [0.15, 0.2) is 59.5 Å². The van der Waals surface area contributed by atoms with Gasteiger partial charge in [-0.1, -0.05) is 30.3 Å². The van der Waals surface area contributed by atoms with Gasteiger partial charge in [-0.25, -0.2) is 13.2 Å². The molecule has 0 atom stereocenters. The van der Waals surface area contributed by atoms with Crippen molar-refractivity contribution in [1.29, 1.82) is 0 Å². The van der Waals surface area contributed by atoms with Gasteiger partial charge in [-0.3, -0.25) is 4.79 Å². The lowest BCUT2D eigenvalue weighted by Crippen LogP contribution is -2.51. The second-order valence-electron chi connectivity index (χ2n) is 6.80. The van der Waals surface area contributed by atoms with Gasteiger partial charge in [0.25, 0.3) is 5.91 Å². The second kappa shape index (κ2) is 9.84. The Hall–Kier alpha value is -2.75. The van der Waals surface area contributed by atoms with E-state index in [9.17, 15) is 18.0 Å². The van der Waals surface area contributed by atoms with Gasteiger partial charge in [0.15, 0.2) is 6.61 Å². The lowest BCUT2D eigenvalue weighted by Gasteiger charge is -2.33. The summed E-state index contributed by atoms with van der Waals surface area (Å²) in [5.41, 5.74) is 1.27. The minimum atomic E-state index is -3.58. The Morgan fingerprint density at radius 2 is 1.57 bits per heavy atom. The maximum Gasteiger partial charge on any atom is 0.338 e. The number of amides is 1. The van der Waals surface area contributed by atoms with E-state index >= 15 is 0 Å². The third kappa shape index (κ3) is 5.24. The molecule has 0 radical (unpaired) electrons. The second-order valence-corrected chi connectivity index (χ2v) is 8.74. The van der Waals surface area contributed by atoms with Crippen LogP contribution >= 0.6 is 0 Å². The Labute approximate surface area is 176 Å². The van der Waals surface area contributed by atoms with Crippen molar-refractivity contribution >= 4 is 21.9 Å². The van der Waals surface area contributed by atoms with E-state index in [1.165, 1.54) is 9.21 Å². The number of piperazine rings is 1. The number of methoxy groups -OCH3 is 1. The van der Waals surface area contributed by atoms with Gasteiger partial charge in [0.1, 0.15) is 0 Å². The van der Waals surface area contributed by atoms with Crippen molar-refractivity contribution in [3.63, 3.8) is 0 Å². The Morgan fingerprint density at radius 3 is 2.17 bits per heavy atom. The van der Waals surface area contributed by atoms with Crippen molar-refractivity contribution in [1.82, 2.24) is 9.21 Å².